The second-order valence-electron chi connectivity index (χ2n) is 5.34. The van der Waals surface area contributed by atoms with Crippen LogP contribution in [-0.4, -0.2) is 29.4 Å². The van der Waals surface area contributed by atoms with Crippen molar-refractivity contribution in [3.63, 3.8) is 0 Å². The second kappa shape index (κ2) is 8.07. The van der Waals surface area contributed by atoms with Crippen LogP contribution in [0.15, 0.2) is 30.3 Å². The molecule has 7 heteroatoms. The Morgan fingerprint density at radius 2 is 1.91 bits per heavy atom. The summed E-state index contributed by atoms with van der Waals surface area (Å²) in [4.78, 5) is 33.2. The van der Waals surface area contributed by atoms with Crippen LogP contribution in [0.4, 0.5) is 5.69 Å². The Kier molecular flexibility index (Phi) is 5.85. The lowest BCUT2D eigenvalue weighted by atomic mass is 10.2. The summed E-state index contributed by atoms with van der Waals surface area (Å²) in [7, 11) is 0. The van der Waals surface area contributed by atoms with Gasteiger partial charge in [0.15, 0.2) is 6.61 Å². The van der Waals surface area contributed by atoms with Gasteiger partial charge in [-0.3, -0.25) is 14.9 Å². The molecule has 1 aliphatic rings. The van der Waals surface area contributed by atoms with Gasteiger partial charge in [0.1, 0.15) is 0 Å². The van der Waals surface area contributed by atoms with E-state index < -0.39 is 10.9 Å². The van der Waals surface area contributed by atoms with Crippen molar-refractivity contribution in [3.05, 3.63) is 46.0 Å². The van der Waals surface area contributed by atoms with E-state index in [1.807, 2.05) is 0 Å². The fourth-order valence-electron chi connectivity index (χ4n) is 2.40. The van der Waals surface area contributed by atoms with Crippen LogP contribution in [0.5, 0.6) is 0 Å². The Hall–Kier alpha value is -2.70. The summed E-state index contributed by atoms with van der Waals surface area (Å²) < 4.78 is 4.85. The fourth-order valence-corrected chi connectivity index (χ4v) is 2.40. The highest BCUT2D eigenvalue weighted by Gasteiger charge is 2.17. The lowest BCUT2D eigenvalue weighted by Gasteiger charge is -2.11. The average Bonchev–Trinajstić information content (AvgIpc) is 3.04. The van der Waals surface area contributed by atoms with E-state index in [2.05, 4.69) is 5.32 Å². The summed E-state index contributed by atoms with van der Waals surface area (Å²) in [5.41, 5.74) is 0.608. The van der Waals surface area contributed by atoms with Crippen LogP contribution in [0.2, 0.25) is 0 Å². The smallest absolute Gasteiger partial charge is 0.331 e. The highest BCUT2D eigenvalue weighted by molar-refractivity contribution is 5.89. The lowest BCUT2D eigenvalue weighted by molar-refractivity contribution is -0.384. The molecule has 122 valence electrons. The summed E-state index contributed by atoms with van der Waals surface area (Å²) in [5, 5.41) is 13.3. The van der Waals surface area contributed by atoms with Gasteiger partial charge < -0.3 is 10.1 Å². The molecule has 0 heterocycles. The van der Waals surface area contributed by atoms with E-state index in [4.69, 9.17) is 4.74 Å². The van der Waals surface area contributed by atoms with Gasteiger partial charge in [-0.25, -0.2) is 4.79 Å². The first-order valence-corrected chi connectivity index (χ1v) is 7.43. The molecule has 23 heavy (non-hydrogen) atoms. The van der Waals surface area contributed by atoms with Crippen molar-refractivity contribution >= 4 is 23.6 Å². The third kappa shape index (κ3) is 5.54. The highest BCUT2D eigenvalue weighted by Crippen LogP contribution is 2.17. The van der Waals surface area contributed by atoms with Crippen LogP contribution in [0.3, 0.4) is 0 Å². The number of hydrogen-bond acceptors (Lipinski definition) is 5. The van der Waals surface area contributed by atoms with E-state index in [1.165, 1.54) is 36.4 Å². The molecule has 1 aliphatic carbocycles. The summed E-state index contributed by atoms with van der Waals surface area (Å²) >= 11 is 0. The van der Waals surface area contributed by atoms with Crippen molar-refractivity contribution in [3.8, 4) is 0 Å². The van der Waals surface area contributed by atoms with Gasteiger partial charge in [-0.1, -0.05) is 12.8 Å². The molecule has 0 saturated heterocycles. The number of nitro benzene ring substituents is 1. The molecular weight excluding hydrogens is 300 g/mol. The predicted molar refractivity (Wildman–Crippen MR) is 83.5 cm³/mol. The molecular formula is C16H18N2O5. The number of carbonyl (C=O) groups is 2. The zero-order valence-corrected chi connectivity index (χ0v) is 12.6. The number of hydrogen-bond donors (Lipinski definition) is 1. The Morgan fingerprint density at radius 1 is 1.26 bits per heavy atom. The van der Waals surface area contributed by atoms with Gasteiger partial charge in [0.05, 0.1) is 4.92 Å². The number of nitro groups is 1. The van der Waals surface area contributed by atoms with Crippen LogP contribution < -0.4 is 5.32 Å². The number of amides is 1. The Morgan fingerprint density at radius 3 is 2.52 bits per heavy atom. The number of benzene rings is 1. The molecule has 1 aromatic carbocycles. The van der Waals surface area contributed by atoms with Crippen molar-refractivity contribution in [2.24, 2.45) is 0 Å². The molecule has 1 aromatic rings. The maximum atomic E-state index is 11.6. The van der Waals surface area contributed by atoms with E-state index in [-0.39, 0.29) is 24.2 Å². The standard InChI is InChI=1S/C16H18N2O5/c19-15(17-13-3-1-2-4-13)11-23-16(20)10-7-12-5-8-14(9-6-12)18(21)22/h5-10,13H,1-4,11H2,(H,17,19)/b10-7+. The van der Waals surface area contributed by atoms with Crippen LogP contribution in [0.25, 0.3) is 6.08 Å². The minimum absolute atomic E-state index is 0.0201. The molecule has 1 fully saturated rings. The summed E-state index contributed by atoms with van der Waals surface area (Å²) in [6.45, 7) is -0.306. The topological polar surface area (TPSA) is 98.5 Å². The molecule has 1 N–H and O–H groups in total. The Balaban J connectivity index is 1.75. The van der Waals surface area contributed by atoms with E-state index in [9.17, 15) is 19.7 Å². The molecule has 2 rings (SSSR count). The molecule has 7 nitrogen and oxygen atoms in total. The number of nitrogens with zero attached hydrogens (tertiary/aromatic N) is 1. The minimum atomic E-state index is -0.634. The number of ether oxygens (including phenoxy) is 1. The Labute approximate surface area is 133 Å². The first-order chi connectivity index (χ1) is 11.0. The van der Waals surface area contributed by atoms with Gasteiger partial charge in [-0.2, -0.15) is 0 Å². The molecule has 0 bridgehead atoms. The third-order valence-electron chi connectivity index (χ3n) is 3.58. The normalized spacial score (nSPS) is 14.8. The van der Waals surface area contributed by atoms with Crippen molar-refractivity contribution in [1.29, 1.82) is 0 Å². The number of non-ortho nitro benzene ring substituents is 1. The van der Waals surface area contributed by atoms with Crippen LogP contribution in [0, 0.1) is 10.1 Å². The third-order valence-corrected chi connectivity index (χ3v) is 3.58. The fraction of sp³-hybridized carbons (Fsp3) is 0.375. The van der Waals surface area contributed by atoms with E-state index in [1.54, 1.807) is 0 Å². The van der Waals surface area contributed by atoms with Gasteiger partial charge in [0.2, 0.25) is 0 Å². The molecule has 0 atom stereocenters. The summed E-state index contributed by atoms with van der Waals surface area (Å²) in [6, 6.07) is 5.93. The maximum Gasteiger partial charge on any atom is 0.331 e. The van der Waals surface area contributed by atoms with Crippen molar-refractivity contribution < 1.29 is 19.2 Å². The first-order valence-electron chi connectivity index (χ1n) is 7.43. The number of carbonyl (C=O) groups excluding carboxylic acids is 2. The second-order valence-corrected chi connectivity index (χ2v) is 5.34. The zero-order valence-electron chi connectivity index (χ0n) is 12.6. The predicted octanol–water partition coefficient (Wildman–Crippen LogP) is 2.21. The van der Waals surface area contributed by atoms with Crippen LogP contribution in [-0.2, 0) is 14.3 Å². The van der Waals surface area contributed by atoms with Crippen molar-refractivity contribution in [2.45, 2.75) is 31.7 Å². The van der Waals surface area contributed by atoms with Gasteiger partial charge in [-0.15, -0.1) is 0 Å². The molecule has 0 aromatic heterocycles. The van der Waals surface area contributed by atoms with Gasteiger partial charge in [0, 0.05) is 24.3 Å². The molecule has 0 radical (unpaired) electrons. The van der Waals surface area contributed by atoms with E-state index in [0.717, 1.165) is 25.7 Å². The maximum absolute atomic E-state index is 11.6. The monoisotopic (exact) mass is 318 g/mol. The van der Waals surface area contributed by atoms with Gasteiger partial charge in [-0.05, 0) is 36.6 Å². The van der Waals surface area contributed by atoms with Gasteiger partial charge in [0.25, 0.3) is 11.6 Å². The first kappa shape index (κ1) is 16.7. The quantitative estimate of drug-likeness (QED) is 0.375. The van der Waals surface area contributed by atoms with Crippen molar-refractivity contribution in [2.75, 3.05) is 6.61 Å². The van der Waals surface area contributed by atoms with Crippen molar-refractivity contribution in [1.82, 2.24) is 5.32 Å². The lowest BCUT2D eigenvalue weighted by Crippen LogP contribution is -2.35. The van der Waals surface area contributed by atoms with E-state index in [0.29, 0.717) is 5.56 Å². The Bertz CT molecular complexity index is 603. The zero-order chi connectivity index (χ0) is 16.7. The number of esters is 1. The van der Waals surface area contributed by atoms with Crippen LogP contribution in [0.1, 0.15) is 31.2 Å². The molecule has 0 unspecified atom stereocenters. The average molecular weight is 318 g/mol. The molecule has 0 aliphatic heterocycles. The molecule has 1 saturated carbocycles. The van der Waals surface area contributed by atoms with Gasteiger partial charge >= 0.3 is 5.97 Å². The summed E-state index contributed by atoms with van der Waals surface area (Å²) in [5.74, 6) is -0.932. The largest absolute Gasteiger partial charge is 0.452 e. The van der Waals surface area contributed by atoms with Crippen LogP contribution >= 0.6 is 0 Å². The molecule has 0 spiro atoms. The summed E-state index contributed by atoms with van der Waals surface area (Å²) in [6.07, 6.45) is 6.83. The SMILES string of the molecule is O=C(COC(=O)/C=C/c1ccc([N+](=O)[O-])cc1)NC1CCCC1. The molecule has 1 amide bonds. The number of rotatable bonds is 6. The van der Waals surface area contributed by atoms with E-state index >= 15 is 0 Å². The highest BCUT2D eigenvalue weighted by atomic mass is 16.6. The minimum Gasteiger partial charge on any atom is -0.452 e. The number of nitrogens with one attached hydrogen (secondary N) is 1.